The maximum atomic E-state index is 13.0. The highest BCUT2D eigenvalue weighted by Gasteiger charge is 2.33. The molecule has 0 bridgehead atoms. The Kier molecular flexibility index (Phi) is 5.88. The minimum absolute atomic E-state index is 0.0371. The number of aromatic nitrogens is 2. The van der Waals surface area contributed by atoms with Crippen molar-refractivity contribution in [3.63, 3.8) is 0 Å². The lowest BCUT2D eigenvalue weighted by molar-refractivity contribution is -0.141. The Morgan fingerprint density at radius 3 is 2.54 bits per heavy atom. The summed E-state index contributed by atoms with van der Waals surface area (Å²) >= 11 is 6.05. The van der Waals surface area contributed by atoms with E-state index in [1.54, 1.807) is 24.3 Å². The molecule has 2 rings (SSSR count). The zero-order chi connectivity index (χ0) is 17.7. The summed E-state index contributed by atoms with van der Waals surface area (Å²) in [4.78, 5) is 7.66. The molecule has 8 heteroatoms. The van der Waals surface area contributed by atoms with Crippen LogP contribution in [0.15, 0.2) is 30.3 Å². The molecule has 4 nitrogen and oxygen atoms in total. The summed E-state index contributed by atoms with van der Waals surface area (Å²) < 4.78 is 39.1. The second-order valence-corrected chi connectivity index (χ2v) is 5.77. The quantitative estimate of drug-likeness (QED) is 0.765. The highest BCUT2D eigenvalue weighted by molar-refractivity contribution is 6.31. The summed E-state index contributed by atoms with van der Waals surface area (Å²) in [5.41, 5.74) is -0.229. The number of alkyl halides is 3. The van der Waals surface area contributed by atoms with E-state index in [1.165, 1.54) is 0 Å². The van der Waals surface area contributed by atoms with Crippen LogP contribution in [0.3, 0.4) is 0 Å². The molecular weight excluding hydrogens is 341 g/mol. The minimum atomic E-state index is -4.55. The van der Waals surface area contributed by atoms with Crippen LogP contribution in [0.2, 0.25) is 5.02 Å². The second-order valence-electron chi connectivity index (χ2n) is 5.36. The van der Waals surface area contributed by atoms with Crippen LogP contribution in [0, 0.1) is 0 Å². The molecule has 2 N–H and O–H groups in total. The lowest BCUT2D eigenvalue weighted by atomic mass is 10.2. The zero-order valence-electron chi connectivity index (χ0n) is 13.3. The molecule has 0 amide bonds. The molecule has 0 aliphatic carbocycles. The van der Waals surface area contributed by atoms with Crippen molar-refractivity contribution in [2.75, 3.05) is 10.6 Å². The standard InChI is InChI=1S/C16H18ClF3N4/c1-3-10(2)22-15-23-13(16(18,19)20)8-14(24-15)21-9-11-6-4-5-7-12(11)17/h4-8,10H,3,9H2,1-2H3,(H2,21,22,23,24)/t10-/m1/s1. The van der Waals surface area contributed by atoms with Gasteiger partial charge >= 0.3 is 6.18 Å². The molecule has 0 saturated heterocycles. The third-order valence-electron chi connectivity index (χ3n) is 3.42. The minimum Gasteiger partial charge on any atom is -0.366 e. The van der Waals surface area contributed by atoms with E-state index >= 15 is 0 Å². The van der Waals surface area contributed by atoms with Gasteiger partial charge < -0.3 is 10.6 Å². The predicted octanol–water partition coefficient (Wildman–Crippen LogP) is 4.97. The Balaban J connectivity index is 2.24. The van der Waals surface area contributed by atoms with E-state index in [9.17, 15) is 13.2 Å². The molecule has 0 aliphatic heterocycles. The number of hydrogen-bond acceptors (Lipinski definition) is 4. The highest BCUT2D eigenvalue weighted by Crippen LogP contribution is 2.30. The van der Waals surface area contributed by atoms with Gasteiger partial charge in [0.15, 0.2) is 5.69 Å². The predicted molar refractivity (Wildman–Crippen MR) is 89.2 cm³/mol. The first kappa shape index (κ1) is 18.3. The zero-order valence-corrected chi connectivity index (χ0v) is 14.0. The summed E-state index contributed by atoms with van der Waals surface area (Å²) in [6.45, 7) is 4.03. The number of benzene rings is 1. The van der Waals surface area contributed by atoms with E-state index in [4.69, 9.17) is 11.6 Å². The molecule has 0 fully saturated rings. The molecule has 130 valence electrons. The molecule has 0 spiro atoms. The molecule has 0 unspecified atom stereocenters. The van der Waals surface area contributed by atoms with Crippen molar-refractivity contribution in [3.05, 3.63) is 46.6 Å². The van der Waals surface area contributed by atoms with Crippen molar-refractivity contribution < 1.29 is 13.2 Å². The SMILES string of the molecule is CC[C@@H](C)Nc1nc(NCc2ccccc2Cl)cc(C(F)(F)F)n1. The van der Waals surface area contributed by atoms with Crippen molar-refractivity contribution in [1.29, 1.82) is 0 Å². The number of nitrogens with zero attached hydrogens (tertiary/aromatic N) is 2. The van der Waals surface area contributed by atoms with Crippen LogP contribution in [0.5, 0.6) is 0 Å². The lowest BCUT2D eigenvalue weighted by Gasteiger charge is -2.15. The summed E-state index contributed by atoms with van der Waals surface area (Å²) in [5, 5.41) is 6.27. The van der Waals surface area contributed by atoms with E-state index in [0.29, 0.717) is 5.02 Å². The van der Waals surface area contributed by atoms with Crippen LogP contribution < -0.4 is 10.6 Å². The maximum absolute atomic E-state index is 13.0. The third kappa shape index (κ3) is 4.99. The third-order valence-corrected chi connectivity index (χ3v) is 3.79. The fourth-order valence-corrected chi connectivity index (χ4v) is 2.10. The molecule has 0 aliphatic rings. The van der Waals surface area contributed by atoms with Crippen LogP contribution in [0.4, 0.5) is 24.9 Å². The van der Waals surface area contributed by atoms with Crippen molar-refractivity contribution in [1.82, 2.24) is 9.97 Å². The average molecular weight is 359 g/mol. The van der Waals surface area contributed by atoms with Crippen LogP contribution in [-0.4, -0.2) is 16.0 Å². The van der Waals surface area contributed by atoms with Crippen molar-refractivity contribution >= 4 is 23.4 Å². The normalized spacial score (nSPS) is 12.8. The molecule has 1 aromatic carbocycles. The van der Waals surface area contributed by atoms with Gasteiger partial charge in [0.05, 0.1) is 0 Å². The van der Waals surface area contributed by atoms with Crippen LogP contribution in [0.25, 0.3) is 0 Å². The molecule has 0 saturated carbocycles. The van der Waals surface area contributed by atoms with Crippen molar-refractivity contribution in [2.24, 2.45) is 0 Å². The van der Waals surface area contributed by atoms with Crippen LogP contribution >= 0.6 is 11.6 Å². The van der Waals surface area contributed by atoms with Crippen LogP contribution in [0.1, 0.15) is 31.5 Å². The summed E-state index contributed by atoms with van der Waals surface area (Å²) in [6, 6.07) is 7.95. The number of rotatable bonds is 6. The Labute approximate surface area is 143 Å². The monoisotopic (exact) mass is 358 g/mol. The van der Waals surface area contributed by atoms with Crippen molar-refractivity contribution in [2.45, 2.75) is 39.0 Å². The largest absolute Gasteiger partial charge is 0.433 e. The van der Waals surface area contributed by atoms with Gasteiger partial charge in [-0.2, -0.15) is 18.2 Å². The first-order valence-electron chi connectivity index (χ1n) is 7.49. The van der Waals surface area contributed by atoms with Gasteiger partial charge in [-0.25, -0.2) is 4.98 Å². The lowest BCUT2D eigenvalue weighted by Crippen LogP contribution is -2.19. The Hall–Kier alpha value is -2.02. The summed E-state index contributed by atoms with van der Waals surface area (Å²) in [6.07, 6.45) is -3.81. The average Bonchev–Trinajstić information content (AvgIpc) is 2.53. The van der Waals surface area contributed by atoms with Gasteiger partial charge in [-0.1, -0.05) is 36.7 Å². The Morgan fingerprint density at radius 1 is 1.21 bits per heavy atom. The maximum Gasteiger partial charge on any atom is 0.433 e. The molecule has 1 aromatic heterocycles. The highest BCUT2D eigenvalue weighted by atomic mass is 35.5. The van der Waals surface area contributed by atoms with Gasteiger partial charge in [-0.3, -0.25) is 0 Å². The molecule has 1 atom stereocenters. The molecule has 2 aromatic rings. The summed E-state index contributed by atoms with van der Waals surface area (Å²) in [7, 11) is 0. The fraction of sp³-hybridized carbons (Fsp3) is 0.375. The molecular formula is C16H18ClF3N4. The number of halogens is 4. The van der Waals surface area contributed by atoms with Gasteiger partial charge in [0.25, 0.3) is 0 Å². The second kappa shape index (κ2) is 7.70. The molecule has 0 radical (unpaired) electrons. The fourth-order valence-electron chi connectivity index (χ4n) is 1.90. The van der Waals surface area contributed by atoms with Gasteiger partial charge in [0.1, 0.15) is 5.82 Å². The van der Waals surface area contributed by atoms with Gasteiger partial charge in [-0.15, -0.1) is 0 Å². The van der Waals surface area contributed by atoms with Gasteiger partial charge in [0, 0.05) is 23.7 Å². The van der Waals surface area contributed by atoms with Crippen molar-refractivity contribution in [3.8, 4) is 0 Å². The van der Waals surface area contributed by atoms with Gasteiger partial charge in [-0.05, 0) is 25.0 Å². The number of nitrogens with one attached hydrogen (secondary N) is 2. The summed E-state index contributed by atoms with van der Waals surface area (Å²) in [5.74, 6) is 0.0314. The van der Waals surface area contributed by atoms with E-state index in [-0.39, 0.29) is 24.4 Å². The van der Waals surface area contributed by atoms with Gasteiger partial charge in [0.2, 0.25) is 5.95 Å². The first-order valence-corrected chi connectivity index (χ1v) is 7.87. The smallest absolute Gasteiger partial charge is 0.366 e. The molecule has 1 heterocycles. The topological polar surface area (TPSA) is 49.8 Å². The number of anilines is 2. The van der Waals surface area contributed by atoms with E-state index < -0.39 is 11.9 Å². The van der Waals surface area contributed by atoms with E-state index in [1.807, 2.05) is 13.8 Å². The number of hydrogen-bond donors (Lipinski definition) is 2. The Morgan fingerprint density at radius 2 is 1.92 bits per heavy atom. The van der Waals surface area contributed by atoms with E-state index in [0.717, 1.165) is 18.1 Å². The molecule has 24 heavy (non-hydrogen) atoms. The van der Waals surface area contributed by atoms with E-state index in [2.05, 4.69) is 20.6 Å². The Bertz CT molecular complexity index is 691. The van der Waals surface area contributed by atoms with Crippen LogP contribution in [-0.2, 0) is 12.7 Å². The first-order chi connectivity index (χ1) is 11.3.